The zero-order valence-electron chi connectivity index (χ0n) is 19.5. The molecule has 0 atom stereocenters. The molecule has 3 aromatic rings. The highest BCUT2D eigenvalue weighted by Gasteiger charge is 2.37. The monoisotopic (exact) mass is 528 g/mol. The van der Waals surface area contributed by atoms with Gasteiger partial charge in [0.05, 0.1) is 39.5 Å². The van der Waals surface area contributed by atoms with Gasteiger partial charge >= 0.3 is 0 Å². The van der Waals surface area contributed by atoms with Gasteiger partial charge in [-0.05, 0) is 30.3 Å². The van der Waals surface area contributed by atoms with Crippen molar-refractivity contribution in [2.24, 2.45) is 0 Å². The molecule has 0 radical (unpaired) electrons. The van der Waals surface area contributed by atoms with E-state index in [1.54, 1.807) is 36.4 Å². The highest BCUT2D eigenvalue weighted by atomic mass is 32.2. The lowest BCUT2D eigenvalue weighted by atomic mass is 10.1. The number of thiazole rings is 1. The molecular formula is C24H24N4O6S2. The lowest BCUT2D eigenvalue weighted by molar-refractivity contribution is -0.119. The van der Waals surface area contributed by atoms with Crippen LogP contribution in [0.3, 0.4) is 0 Å². The number of benzene rings is 2. The molecule has 3 heterocycles. The maximum Gasteiger partial charge on any atom is 0.262 e. The molecule has 0 N–H and O–H groups in total. The van der Waals surface area contributed by atoms with Crippen molar-refractivity contribution < 1.29 is 27.5 Å². The summed E-state index contributed by atoms with van der Waals surface area (Å²) in [6.45, 7) is 3.12. The van der Waals surface area contributed by atoms with Gasteiger partial charge in [-0.1, -0.05) is 23.5 Å². The molecule has 0 aliphatic carbocycles. The van der Waals surface area contributed by atoms with Crippen LogP contribution in [0.5, 0.6) is 0 Å². The predicted molar refractivity (Wildman–Crippen MR) is 134 cm³/mol. The predicted octanol–water partition coefficient (Wildman–Crippen LogP) is 1.66. The molecule has 5 rings (SSSR count). The van der Waals surface area contributed by atoms with Crippen LogP contribution in [0.1, 0.15) is 20.7 Å². The summed E-state index contributed by atoms with van der Waals surface area (Å²) in [5.74, 6) is -1.45. The number of morpholine rings is 1. The van der Waals surface area contributed by atoms with Crippen molar-refractivity contribution in [1.82, 2.24) is 14.8 Å². The molecule has 188 valence electrons. The first-order valence-corrected chi connectivity index (χ1v) is 14.1. The summed E-state index contributed by atoms with van der Waals surface area (Å²) in [6.07, 6.45) is 1.14. The number of sulfone groups is 1. The lowest BCUT2D eigenvalue weighted by Crippen LogP contribution is -2.47. The average molecular weight is 529 g/mol. The van der Waals surface area contributed by atoms with Crippen LogP contribution in [0.2, 0.25) is 0 Å². The van der Waals surface area contributed by atoms with Crippen LogP contribution in [0.4, 0.5) is 5.13 Å². The van der Waals surface area contributed by atoms with E-state index >= 15 is 0 Å². The fourth-order valence-electron chi connectivity index (χ4n) is 4.24. The maximum absolute atomic E-state index is 13.5. The van der Waals surface area contributed by atoms with Crippen molar-refractivity contribution in [3.63, 3.8) is 0 Å². The van der Waals surface area contributed by atoms with Gasteiger partial charge < -0.3 is 4.74 Å². The van der Waals surface area contributed by atoms with Gasteiger partial charge in [0.25, 0.3) is 11.8 Å². The van der Waals surface area contributed by atoms with Crippen molar-refractivity contribution in [3.8, 4) is 0 Å². The number of fused-ring (bicyclic) bond motifs is 2. The molecule has 36 heavy (non-hydrogen) atoms. The Hall–Kier alpha value is -3.19. The fourth-order valence-corrected chi connectivity index (χ4v) is 6.01. The second kappa shape index (κ2) is 9.69. The van der Waals surface area contributed by atoms with E-state index in [-0.39, 0.29) is 16.0 Å². The number of aromatic nitrogens is 1. The highest BCUT2D eigenvalue weighted by molar-refractivity contribution is 7.90. The van der Waals surface area contributed by atoms with E-state index in [0.29, 0.717) is 41.7 Å². The number of rotatable bonds is 7. The quantitative estimate of drug-likeness (QED) is 0.425. The molecule has 1 aromatic heterocycles. The van der Waals surface area contributed by atoms with Crippen molar-refractivity contribution in [2.45, 2.75) is 4.90 Å². The van der Waals surface area contributed by atoms with E-state index in [2.05, 4.69) is 9.88 Å². The summed E-state index contributed by atoms with van der Waals surface area (Å²) < 4.78 is 30.0. The second-order valence-corrected chi connectivity index (χ2v) is 11.7. The molecule has 0 bridgehead atoms. The van der Waals surface area contributed by atoms with Crippen LogP contribution in [-0.4, -0.2) is 93.1 Å². The molecule has 2 aliphatic rings. The third-order valence-electron chi connectivity index (χ3n) is 6.22. The molecule has 0 spiro atoms. The van der Waals surface area contributed by atoms with E-state index in [4.69, 9.17) is 4.74 Å². The fraction of sp³-hybridized carbons (Fsp3) is 0.333. The van der Waals surface area contributed by atoms with Crippen molar-refractivity contribution in [1.29, 1.82) is 0 Å². The summed E-state index contributed by atoms with van der Waals surface area (Å²) in [5.41, 5.74) is 1.12. The van der Waals surface area contributed by atoms with Gasteiger partial charge in [-0.2, -0.15) is 0 Å². The first-order chi connectivity index (χ1) is 17.2. The summed E-state index contributed by atoms with van der Waals surface area (Å²) in [5, 5.41) is 0.380. The first-order valence-electron chi connectivity index (χ1n) is 11.4. The molecule has 0 unspecified atom stereocenters. The Bertz CT molecular complexity index is 1430. The van der Waals surface area contributed by atoms with Crippen LogP contribution in [0.25, 0.3) is 10.2 Å². The molecule has 10 nitrogen and oxygen atoms in total. The average Bonchev–Trinajstić information content (AvgIpc) is 3.39. The number of hydrogen-bond acceptors (Lipinski definition) is 9. The number of imide groups is 1. The molecule has 3 amide bonds. The minimum absolute atomic E-state index is 0.169. The number of carbonyl (C=O) groups is 3. The third kappa shape index (κ3) is 4.76. The Morgan fingerprint density at radius 3 is 2.39 bits per heavy atom. The van der Waals surface area contributed by atoms with E-state index in [1.165, 1.54) is 22.3 Å². The van der Waals surface area contributed by atoms with Crippen molar-refractivity contribution in [2.75, 3.05) is 57.1 Å². The molecular weight excluding hydrogens is 504 g/mol. The zero-order valence-corrected chi connectivity index (χ0v) is 21.2. The normalized spacial score (nSPS) is 16.5. The molecule has 1 fully saturated rings. The van der Waals surface area contributed by atoms with E-state index < -0.39 is 34.1 Å². The highest BCUT2D eigenvalue weighted by Crippen LogP contribution is 2.31. The van der Waals surface area contributed by atoms with Crippen molar-refractivity contribution >= 4 is 54.2 Å². The number of anilines is 1. The number of amides is 3. The van der Waals surface area contributed by atoms with Gasteiger partial charge in [0, 0.05) is 32.4 Å². The van der Waals surface area contributed by atoms with Crippen LogP contribution in [0.15, 0.2) is 47.4 Å². The molecule has 0 saturated carbocycles. The largest absolute Gasteiger partial charge is 0.379 e. The molecule has 1 saturated heterocycles. The maximum atomic E-state index is 13.5. The van der Waals surface area contributed by atoms with E-state index in [1.807, 2.05) is 0 Å². The second-order valence-electron chi connectivity index (χ2n) is 8.64. The van der Waals surface area contributed by atoms with Gasteiger partial charge in [-0.3, -0.25) is 29.1 Å². The third-order valence-corrected chi connectivity index (χ3v) is 8.38. The van der Waals surface area contributed by atoms with Crippen LogP contribution >= 0.6 is 11.3 Å². The van der Waals surface area contributed by atoms with Gasteiger partial charge in [-0.25, -0.2) is 13.4 Å². The van der Waals surface area contributed by atoms with E-state index in [0.717, 1.165) is 24.2 Å². The number of hydrogen-bond donors (Lipinski definition) is 0. The van der Waals surface area contributed by atoms with Crippen LogP contribution in [-0.2, 0) is 19.4 Å². The SMILES string of the molecule is CS(=O)(=O)c1ccc2nc(N(CCN3CCOCC3)C(=O)CN3C(=O)c4ccccc4C3=O)sc2c1. The van der Waals surface area contributed by atoms with Crippen LogP contribution < -0.4 is 4.90 Å². The molecule has 2 aliphatic heterocycles. The Morgan fingerprint density at radius 1 is 1.08 bits per heavy atom. The molecule has 2 aromatic carbocycles. The number of nitrogens with zero attached hydrogens (tertiary/aromatic N) is 4. The minimum Gasteiger partial charge on any atom is -0.379 e. The van der Waals surface area contributed by atoms with Crippen molar-refractivity contribution in [3.05, 3.63) is 53.6 Å². The minimum atomic E-state index is -3.40. The summed E-state index contributed by atoms with van der Waals surface area (Å²) in [4.78, 5) is 48.5. The van der Waals surface area contributed by atoms with Crippen LogP contribution in [0, 0.1) is 0 Å². The Morgan fingerprint density at radius 2 is 1.75 bits per heavy atom. The number of ether oxygens (including phenoxy) is 1. The topological polar surface area (TPSA) is 117 Å². The van der Waals surface area contributed by atoms with Gasteiger partial charge in [0.2, 0.25) is 5.91 Å². The number of carbonyl (C=O) groups excluding carboxylic acids is 3. The Kier molecular flexibility index (Phi) is 6.60. The summed E-state index contributed by atoms with van der Waals surface area (Å²) >= 11 is 1.20. The Labute approximate surface area is 212 Å². The van der Waals surface area contributed by atoms with E-state index in [9.17, 15) is 22.8 Å². The standard InChI is InChI=1S/C24H24N4O6S2/c1-36(32,33)16-6-7-19-20(14-16)35-24(25-19)27(9-8-26-10-12-34-13-11-26)21(29)15-28-22(30)17-4-2-3-5-18(17)23(28)31/h2-7,14H,8-13,15H2,1H3. The van der Waals surface area contributed by atoms with Gasteiger partial charge in [0.15, 0.2) is 15.0 Å². The smallest absolute Gasteiger partial charge is 0.262 e. The Balaban J connectivity index is 1.43. The summed E-state index contributed by atoms with van der Waals surface area (Å²) in [7, 11) is -3.40. The lowest BCUT2D eigenvalue weighted by Gasteiger charge is -2.29. The van der Waals surface area contributed by atoms with Gasteiger partial charge in [-0.15, -0.1) is 0 Å². The first kappa shape index (κ1) is 24.5. The summed E-state index contributed by atoms with van der Waals surface area (Å²) in [6, 6.07) is 11.1. The van der Waals surface area contributed by atoms with Gasteiger partial charge in [0.1, 0.15) is 6.54 Å². The molecule has 12 heteroatoms. The zero-order chi connectivity index (χ0) is 25.4.